The molecule has 0 aromatic heterocycles. The van der Waals surface area contributed by atoms with E-state index in [1.165, 1.54) is 0 Å². The van der Waals surface area contributed by atoms with E-state index >= 15 is 0 Å². The highest BCUT2D eigenvalue weighted by Crippen LogP contribution is 2.28. The maximum atomic E-state index is 10.9. The first-order chi connectivity index (χ1) is 6.68. The summed E-state index contributed by atoms with van der Waals surface area (Å²) in [6, 6.07) is 7.95. The van der Waals surface area contributed by atoms with Crippen LogP contribution in [0.15, 0.2) is 29.8 Å². The van der Waals surface area contributed by atoms with Crippen molar-refractivity contribution in [3.63, 3.8) is 0 Å². The SMILES string of the molecule is CC1=Cc2ccccc2CC1C(=O)O. The predicted molar refractivity (Wildman–Crippen MR) is 54.9 cm³/mol. The lowest BCUT2D eigenvalue weighted by Gasteiger charge is -2.20. The molecule has 2 rings (SSSR count). The van der Waals surface area contributed by atoms with E-state index in [0.29, 0.717) is 6.42 Å². The Bertz CT molecular complexity index is 405. The third-order valence-corrected chi connectivity index (χ3v) is 2.71. The number of aliphatic carboxylic acids is 1. The molecule has 0 bridgehead atoms. The van der Waals surface area contributed by atoms with Gasteiger partial charge in [0.2, 0.25) is 0 Å². The molecule has 1 atom stereocenters. The summed E-state index contributed by atoms with van der Waals surface area (Å²) in [6.07, 6.45) is 2.59. The van der Waals surface area contributed by atoms with Gasteiger partial charge in [-0.3, -0.25) is 4.79 Å². The average molecular weight is 188 g/mol. The Morgan fingerprint density at radius 1 is 1.43 bits per heavy atom. The lowest BCUT2D eigenvalue weighted by atomic mass is 9.84. The van der Waals surface area contributed by atoms with E-state index in [-0.39, 0.29) is 5.92 Å². The smallest absolute Gasteiger partial charge is 0.310 e. The van der Waals surface area contributed by atoms with E-state index < -0.39 is 5.97 Å². The quantitative estimate of drug-likeness (QED) is 0.734. The van der Waals surface area contributed by atoms with Crippen LogP contribution in [0.4, 0.5) is 0 Å². The van der Waals surface area contributed by atoms with Crippen molar-refractivity contribution >= 4 is 12.0 Å². The molecular weight excluding hydrogens is 176 g/mol. The second-order valence-electron chi connectivity index (χ2n) is 3.68. The number of carboxylic acid groups (broad SMARTS) is 1. The lowest BCUT2D eigenvalue weighted by Crippen LogP contribution is -2.20. The van der Waals surface area contributed by atoms with Crippen molar-refractivity contribution in [2.45, 2.75) is 13.3 Å². The molecule has 1 aromatic carbocycles. The summed E-state index contributed by atoms with van der Waals surface area (Å²) in [7, 11) is 0. The van der Waals surface area contributed by atoms with Crippen molar-refractivity contribution in [3.05, 3.63) is 41.0 Å². The molecule has 0 spiro atoms. The number of rotatable bonds is 1. The molecule has 1 aromatic rings. The summed E-state index contributed by atoms with van der Waals surface area (Å²) in [5.41, 5.74) is 3.23. The molecule has 1 unspecified atom stereocenters. The maximum Gasteiger partial charge on any atom is 0.310 e. The fourth-order valence-electron chi connectivity index (χ4n) is 1.87. The molecular formula is C12H12O2. The molecule has 1 aliphatic carbocycles. The first kappa shape index (κ1) is 9.00. The molecule has 72 valence electrons. The molecule has 2 nitrogen and oxygen atoms in total. The Morgan fingerprint density at radius 3 is 2.86 bits per heavy atom. The highest BCUT2D eigenvalue weighted by molar-refractivity contribution is 5.78. The summed E-state index contributed by atoms with van der Waals surface area (Å²) < 4.78 is 0. The van der Waals surface area contributed by atoms with E-state index in [1.54, 1.807) is 0 Å². The van der Waals surface area contributed by atoms with Gasteiger partial charge >= 0.3 is 5.97 Å². The predicted octanol–water partition coefficient (Wildman–Crippen LogP) is 2.35. The Balaban J connectivity index is 2.43. The molecule has 0 amide bonds. The van der Waals surface area contributed by atoms with Crippen LogP contribution in [0.3, 0.4) is 0 Å². The molecule has 14 heavy (non-hydrogen) atoms. The first-order valence-electron chi connectivity index (χ1n) is 4.67. The summed E-state index contributed by atoms with van der Waals surface area (Å²) in [6.45, 7) is 1.88. The number of hydrogen-bond acceptors (Lipinski definition) is 1. The van der Waals surface area contributed by atoms with Gasteiger partial charge in [-0.05, 0) is 24.5 Å². The third kappa shape index (κ3) is 1.43. The van der Waals surface area contributed by atoms with E-state index in [1.807, 2.05) is 37.3 Å². The number of fused-ring (bicyclic) bond motifs is 1. The summed E-state index contributed by atoms with van der Waals surface area (Å²) in [5, 5.41) is 8.99. The molecule has 1 N–H and O–H groups in total. The summed E-state index contributed by atoms with van der Waals surface area (Å²) in [5.74, 6) is -1.07. The van der Waals surface area contributed by atoms with E-state index in [4.69, 9.17) is 5.11 Å². The Labute approximate surface area is 82.9 Å². The van der Waals surface area contributed by atoms with Crippen LogP contribution in [0.1, 0.15) is 18.1 Å². The van der Waals surface area contributed by atoms with Gasteiger partial charge in [0.05, 0.1) is 5.92 Å². The zero-order valence-corrected chi connectivity index (χ0v) is 8.03. The van der Waals surface area contributed by atoms with Crippen LogP contribution in [0, 0.1) is 5.92 Å². The second kappa shape index (κ2) is 3.29. The van der Waals surface area contributed by atoms with Crippen molar-refractivity contribution in [1.82, 2.24) is 0 Å². The van der Waals surface area contributed by atoms with E-state index in [2.05, 4.69) is 0 Å². The Kier molecular flexibility index (Phi) is 2.12. The van der Waals surface area contributed by atoms with Gasteiger partial charge in [-0.2, -0.15) is 0 Å². The van der Waals surface area contributed by atoms with Crippen molar-refractivity contribution in [1.29, 1.82) is 0 Å². The lowest BCUT2D eigenvalue weighted by molar-refractivity contribution is -0.140. The van der Waals surface area contributed by atoms with E-state index in [9.17, 15) is 4.79 Å². The van der Waals surface area contributed by atoms with Gasteiger partial charge in [-0.25, -0.2) is 0 Å². The number of carbonyl (C=O) groups is 1. The fraction of sp³-hybridized carbons (Fsp3) is 0.250. The molecule has 0 aliphatic heterocycles. The zero-order valence-electron chi connectivity index (χ0n) is 8.03. The van der Waals surface area contributed by atoms with Gasteiger partial charge in [0.15, 0.2) is 0 Å². The minimum atomic E-state index is -0.728. The van der Waals surface area contributed by atoms with Gasteiger partial charge in [-0.15, -0.1) is 0 Å². The van der Waals surface area contributed by atoms with Crippen molar-refractivity contribution in [3.8, 4) is 0 Å². The molecule has 0 saturated heterocycles. The number of hydrogen-bond donors (Lipinski definition) is 1. The summed E-state index contributed by atoms with van der Waals surface area (Å²) >= 11 is 0. The standard InChI is InChI=1S/C12H12O2/c1-8-6-9-4-2-3-5-10(9)7-11(8)12(13)14/h2-6,11H,7H2,1H3,(H,13,14). The largest absolute Gasteiger partial charge is 0.481 e. The van der Waals surface area contributed by atoms with Crippen LogP contribution in [-0.4, -0.2) is 11.1 Å². The summed E-state index contributed by atoms with van der Waals surface area (Å²) in [4.78, 5) is 10.9. The monoisotopic (exact) mass is 188 g/mol. The highest BCUT2D eigenvalue weighted by Gasteiger charge is 2.24. The van der Waals surface area contributed by atoms with Crippen LogP contribution in [-0.2, 0) is 11.2 Å². The van der Waals surface area contributed by atoms with Crippen molar-refractivity contribution < 1.29 is 9.90 Å². The second-order valence-corrected chi connectivity index (χ2v) is 3.68. The van der Waals surface area contributed by atoms with Gasteiger partial charge in [0.25, 0.3) is 0 Å². The van der Waals surface area contributed by atoms with Crippen molar-refractivity contribution in [2.24, 2.45) is 5.92 Å². The van der Waals surface area contributed by atoms with Gasteiger partial charge in [0.1, 0.15) is 0 Å². The normalized spacial score (nSPS) is 19.8. The molecule has 0 heterocycles. The molecule has 0 radical (unpaired) electrons. The number of benzene rings is 1. The van der Waals surface area contributed by atoms with Gasteiger partial charge in [-0.1, -0.05) is 35.9 Å². The highest BCUT2D eigenvalue weighted by atomic mass is 16.4. The van der Waals surface area contributed by atoms with Gasteiger partial charge in [0, 0.05) is 0 Å². The zero-order chi connectivity index (χ0) is 10.1. The third-order valence-electron chi connectivity index (χ3n) is 2.71. The fourth-order valence-corrected chi connectivity index (χ4v) is 1.87. The van der Waals surface area contributed by atoms with Crippen LogP contribution in [0.25, 0.3) is 6.08 Å². The Hall–Kier alpha value is -1.57. The Morgan fingerprint density at radius 2 is 2.14 bits per heavy atom. The van der Waals surface area contributed by atoms with Crippen LogP contribution < -0.4 is 0 Å². The van der Waals surface area contributed by atoms with Crippen molar-refractivity contribution in [2.75, 3.05) is 0 Å². The molecule has 0 saturated carbocycles. The molecule has 0 fully saturated rings. The average Bonchev–Trinajstić information content (AvgIpc) is 2.16. The van der Waals surface area contributed by atoms with Crippen LogP contribution >= 0.6 is 0 Å². The first-order valence-corrected chi connectivity index (χ1v) is 4.67. The molecule has 1 aliphatic rings. The van der Waals surface area contributed by atoms with Gasteiger partial charge < -0.3 is 5.11 Å². The van der Waals surface area contributed by atoms with Crippen LogP contribution in [0.2, 0.25) is 0 Å². The minimum Gasteiger partial charge on any atom is -0.481 e. The maximum absolute atomic E-state index is 10.9. The minimum absolute atomic E-state index is 0.343. The topological polar surface area (TPSA) is 37.3 Å². The van der Waals surface area contributed by atoms with Crippen LogP contribution in [0.5, 0.6) is 0 Å². The molecule has 2 heteroatoms. The number of carboxylic acids is 1. The van der Waals surface area contributed by atoms with E-state index in [0.717, 1.165) is 16.7 Å².